The first-order valence-electron chi connectivity index (χ1n) is 10.8. The molecule has 2 atom stereocenters. The highest BCUT2D eigenvalue weighted by molar-refractivity contribution is 7.81. The van der Waals surface area contributed by atoms with E-state index in [0.29, 0.717) is 29.0 Å². The Morgan fingerprint density at radius 3 is 2.65 bits per heavy atom. The van der Waals surface area contributed by atoms with E-state index in [9.17, 15) is 14.7 Å². The molecular formula is C25H25NO7S. The predicted molar refractivity (Wildman–Crippen MR) is 130 cm³/mol. The standard InChI is InChI=1S/C25H25NO7S/c1-15(10-11-30-23(28)13-34)24(19-7-8-20(27)18-5-3-2-4-17(18)19)33-25(29)26-16-6-9-21-22(12-16)32-14-31-21/h2-9,12,15,24,27,34H,10-11,13-14H2,1H3,(H,26,29)/t15-,24+/m1/s1. The largest absolute Gasteiger partial charge is 0.507 e. The van der Waals surface area contributed by atoms with Crippen LogP contribution in [0.4, 0.5) is 10.5 Å². The van der Waals surface area contributed by atoms with E-state index in [1.54, 1.807) is 36.4 Å². The normalized spacial score (nSPS) is 13.8. The number of nitrogens with one attached hydrogen (secondary N) is 1. The fourth-order valence-corrected chi connectivity index (χ4v) is 3.92. The summed E-state index contributed by atoms with van der Waals surface area (Å²) in [7, 11) is 0. The molecule has 0 fully saturated rings. The Labute approximate surface area is 202 Å². The smallest absolute Gasteiger partial charge is 0.412 e. The van der Waals surface area contributed by atoms with Crippen LogP contribution in [-0.2, 0) is 14.3 Å². The van der Waals surface area contributed by atoms with Gasteiger partial charge in [-0.2, -0.15) is 12.6 Å². The monoisotopic (exact) mass is 483 g/mol. The number of benzene rings is 3. The number of amides is 1. The minimum atomic E-state index is -0.672. The number of hydrogen-bond donors (Lipinski definition) is 3. The molecule has 0 spiro atoms. The average molecular weight is 484 g/mol. The zero-order chi connectivity index (χ0) is 24.1. The SMILES string of the molecule is C[C@H](CCOC(=O)CS)[C@H](OC(=O)Nc1ccc2c(c1)OCO2)c1ccc(O)c2ccccc12. The molecule has 3 aromatic carbocycles. The molecule has 3 aromatic rings. The van der Waals surface area contributed by atoms with E-state index in [4.69, 9.17) is 18.9 Å². The minimum Gasteiger partial charge on any atom is -0.507 e. The molecule has 1 aliphatic heterocycles. The lowest BCUT2D eigenvalue weighted by atomic mass is 9.90. The summed E-state index contributed by atoms with van der Waals surface area (Å²) in [6.45, 7) is 2.21. The van der Waals surface area contributed by atoms with E-state index in [0.717, 1.165) is 10.9 Å². The molecule has 4 rings (SSSR count). The number of carbonyl (C=O) groups excluding carboxylic acids is 2. The van der Waals surface area contributed by atoms with E-state index in [2.05, 4.69) is 17.9 Å². The van der Waals surface area contributed by atoms with Gasteiger partial charge in [-0.3, -0.25) is 10.1 Å². The molecule has 1 amide bonds. The van der Waals surface area contributed by atoms with Crippen molar-refractivity contribution in [2.24, 2.45) is 5.92 Å². The zero-order valence-electron chi connectivity index (χ0n) is 18.5. The Bertz CT molecular complexity index is 1200. The van der Waals surface area contributed by atoms with Crippen molar-refractivity contribution in [1.82, 2.24) is 0 Å². The number of carbonyl (C=O) groups is 2. The van der Waals surface area contributed by atoms with Gasteiger partial charge in [0.15, 0.2) is 11.5 Å². The Morgan fingerprint density at radius 2 is 1.85 bits per heavy atom. The van der Waals surface area contributed by atoms with Gasteiger partial charge in [0.1, 0.15) is 11.9 Å². The van der Waals surface area contributed by atoms with Gasteiger partial charge < -0.3 is 24.1 Å². The summed E-state index contributed by atoms with van der Waals surface area (Å²) in [5.74, 6) is 0.662. The van der Waals surface area contributed by atoms with E-state index in [-0.39, 0.29) is 30.8 Å². The van der Waals surface area contributed by atoms with E-state index in [1.807, 2.05) is 25.1 Å². The molecule has 1 aliphatic rings. The number of phenolic OH excluding ortho intramolecular Hbond substituents is 1. The molecular weight excluding hydrogens is 458 g/mol. The molecule has 8 nitrogen and oxygen atoms in total. The average Bonchev–Trinajstić information content (AvgIpc) is 3.31. The van der Waals surface area contributed by atoms with Gasteiger partial charge in [0.25, 0.3) is 0 Å². The van der Waals surface area contributed by atoms with Gasteiger partial charge in [-0.1, -0.05) is 37.3 Å². The van der Waals surface area contributed by atoms with Crippen LogP contribution in [0.2, 0.25) is 0 Å². The van der Waals surface area contributed by atoms with Gasteiger partial charge >= 0.3 is 12.1 Å². The Hall–Kier alpha value is -3.59. The summed E-state index contributed by atoms with van der Waals surface area (Å²) in [6, 6.07) is 15.7. The number of ether oxygens (including phenoxy) is 4. The number of aromatic hydroxyl groups is 1. The summed E-state index contributed by atoms with van der Waals surface area (Å²) in [5.41, 5.74) is 1.24. The molecule has 0 radical (unpaired) electrons. The van der Waals surface area contributed by atoms with E-state index >= 15 is 0 Å². The van der Waals surface area contributed by atoms with Crippen LogP contribution < -0.4 is 14.8 Å². The second-order valence-corrected chi connectivity index (χ2v) is 8.20. The summed E-state index contributed by atoms with van der Waals surface area (Å²) >= 11 is 3.91. The number of esters is 1. The van der Waals surface area contributed by atoms with E-state index < -0.39 is 18.2 Å². The predicted octanol–water partition coefficient (Wildman–Crippen LogP) is 5.06. The molecule has 9 heteroatoms. The van der Waals surface area contributed by atoms with Gasteiger partial charge in [0, 0.05) is 28.6 Å². The van der Waals surface area contributed by atoms with Crippen LogP contribution in [0.15, 0.2) is 54.6 Å². The van der Waals surface area contributed by atoms with Crippen molar-refractivity contribution in [3.63, 3.8) is 0 Å². The van der Waals surface area contributed by atoms with Gasteiger partial charge in [0.2, 0.25) is 6.79 Å². The lowest BCUT2D eigenvalue weighted by Gasteiger charge is -2.26. The number of thiol groups is 1. The van der Waals surface area contributed by atoms with Crippen LogP contribution in [0.3, 0.4) is 0 Å². The minimum absolute atomic E-state index is 0.00511. The summed E-state index contributed by atoms with van der Waals surface area (Å²) in [4.78, 5) is 24.3. The van der Waals surface area contributed by atoms with Crippen molar-refractivity contribution in [3.05, 3.63) is 60.2 Å². The molecule has 0 unspecified atom stereocenters. The number of anilines is 1. The van der Waals surface area contributed by atoms with Crippen molar-refractivity contribution < 1.29 is 33.6 Å². The quantitative estimate of drug-likeness (QED) is 0.304. The first-order chi connectivity index (χ1) is 16.5. The number of phenols is 1. The Kier molecular flexibility index (Phi) is 7.32. The summed E-state index contributed by atoms with van der Waals surface area (Å²) in [6.07, 6.45) is -0.870. The van der Waals surface area contributed by atoms with Crippen LogP contribution in [0.25, 0.3) is 10.8 Å². The van der Waals surface area contributed by atoms with Crippen molar-refractivity contribution in [2.45, 2.75) is 19.4 Å². The topological polar surface area (TPSA) is 103 Å². The lowest BCUT2D eigenvalue weighted by Crippen LogP contribution is -2.23. The fraction of sp³-hybridized carbons (Fsp3) is 0.280. The second kappa shape index (κ2) is 10.6. The maximum absolute atomic E-state index is 12.9. The van der Waals surface area contributed by atoms with Gasteiger partial charge in [0.05, 0.1) is 12.4 Å². The van der Waals surface area contributed by atoms with Crippen molar-refractivity contribution >= 4 is 41.2 Å². The first kappa shape index (κ1) is 23.6. The van der Waals surface area contributed by atoms with Crippen LogP contribution >= 0.6 is 12.6 Å². The van der Waals surface area contributed by atoms with Crippen LogP contribution in [-0.4, -0.2) is 36.3 Å². The highest BCUT2D eigenvalue weighted by atomic mass is 32.1. The molecule has 0 aromatic heterocycles. The first-order valence-corrected chi connectivity index (χ1v) is 11.4. The van der Waals surface area contributed by atoms with Crippen molar-refractivity contribution in [3.8, 4) is 17.2 Å². The van der Waals surface area contributed by atoms with E-state index in [1.165, 1.54) is 0 Å². The van der Waals surface area contributed by atoms with Gasteiger partial charge in [-0.05, 0) is 30.0 Å². The number of rotatable bonds is 8. The maximum Gasteiger partial charge on any atom is 0.412 e. The molecule has 0 aliphatic carbocycles. The zero-order valence-corrected chi connectivity index (χ0v) is 19.4. The third-order valence-electron chi connectivity index (χ3n) is 5.58. The third-order valence-corrected chi connectivity index (χ3v) is 5.83. The van der Waals surface area contributed by atoms with Crippen molar-refractivity contribution in [1.29, 1.82) is 0 Å². The Balaban J connectivity index is 1.57. The number of hydrogen-bond acceptors (Lipinski definition) is 8. The molecule has 0 bridgehead atoms. The molecule has 0 saturated heterocycles. The molecule has 2 N–H and O–H groups in total. The van der Waals surface area contributed by atoms with Crippen LogP contribution in [0.1, 0.15) is 25.0 Å². The second-order valence-electron chi connectivity index (χ2n) is 7.88. The van der Waals surface area contributed by atoms with Crippen LogP contribution in [0.5, 0.6) is 17.2 Å². The van der Waals surface area contributed by atoms with Gasteiger partial charge in [-0.15, -0.1) is 0 Å². The van der Waals surface area contributed by atoms with Gasteiger partial charge in [-0.25, -0.2) is 4.79 Å². The summed E-state index contributed by atoms with van der Waals surface area (Å²) in [5, 5.41) is 14.4. The lowest BCUT2D eigenvalue weighted by molar-refractivity contribution is -0.141. The fourth-order valence-electron chi connectivity index (χ4n) is 3.83. The number of fused-ring (bicyclic) bond motifs is 2. The summed E-state index contributed by atoms with van der Waals surface area (Å²) < 4.78 is 21.7. The molecule has 34 heavy (non-hydrogen) atoms. The highest BCUT2D eigenvalue weighted by Gasteiger charge is 2.27. The highest BCUT2D eigenvalue weighted by Crippen LogP contribution is 2.38. The maximum atomic E-state index is 12.9. The molecule has 178 valence electrons. The third kappa shape index (κ3) is 5.31. The molecule has 0 saturated carbocycles. The molecule has 1 heterocycles. The Morgan fingerprint density at radius 1 is 1.09 bits per heavy atom. The van der Waals surface area contributed by atoms with Crippen LogP contribution in [0, 0.1) is 5.92 Å². The van der Waals surface area contributed by atoms with Crippen molar-refractivity contribution in [2.75, 3.05) is 24.5 Å².